The minimum absolute atomic E-state index is 0.0636. The maximum Gasteiger partial charge on any atom is 0.211 e. The Hall–Kier alpha value is -3.80. The molecule has 0 aliphatic heterocycles. The largest absolute Gasteiger partial charge is 0.292 e. The summed E-state index contributed by atoms with van der Waals surface area (Å²) in [5.41, 5.74) is 5.33. The van der Waals surface area contributed by atoms with Crippen LogP contribution in [-0.2, 0) is 15.0 Å². The van der Waals surface area contributed by atoms with Crippen molar-refractivity contribution < 1.29 is 14.4 Å². The number of fused-ring (bicyclic) bond motifs is 7. The van der Waals surface area contributed by atoms with E-state index in [9.17, 15) is 14.4 Å². The first-order valence-corrected chi connectivity index (χ1v) is 16.8. The fraction of sp³-hybridized carbons (Fsp3) is 0.371. The molecule has 2 aromatic heterocycles. The van der Waals surface area contributed by atoms with Crippen LogP contribution in [0.25, 0.3) is 20.2 Å². The van der Waals surface area contributed by atoms with Crippen molar-refractivity contribution in [1.82, 2.24) is 0 Å². The number of allylic oxidation sites excluding steroid dienone is 2. The predicted molar refractivity (Wildman–Crippen MR) is 171 cm³/mol. The molecule has 5 aliphatic rings. The molecule has 8 heteroatoms. The van der Waals surface area contributed by atoms with Crippen molar-refractivity contribution in [3.05, 3.63) is 75.8 Å². The van der Waals surface area contributed by atoms with Gasteiger partial charge in [-0.3, -0.25) is 14.4 Å². The summed E-state index contributed by atoms with van der Waals surface area (Å²) in [6, 6.07) is 11.7. The van der Waals surface area contributed by atoms with E-state index >= 15 is 0 Å². The third kappa shape index (κ3) is 3.84. The van der Waals surface area contributed by atoms with Gasteiger partial charge in [-0.15, -0.1) is 22.7 Å². The highest BCUT2D eigenvalue weighted by Crippen LogP contribution is 2.63. The Labute approximate surface area is 258 Å². The van der Waals surface area contributed by atoms with Gasteiger partial charge in [-0.25, -0.2) is 14.8 Å². The molecule has 0 N–H and O–H groups in total. The number of nitrogens with zero attached hydrogens (tertiary/aromatic N) is 3. The smallest absolute Gasteiger partial charge is 0.211 e. The van der Waals surface area contributed by atoms with Crippen LogP contribution < -0.4 is 0 Å². The summed E-state index contributed by atoms with van der Waals surface area (Å²) in [6.07, 6.45) is 9.11. The molecule has 0 radical (unpaired) electrons. The van der Waals surface area contributed by atoms with Crippen LogP contribution in [0.1, 0.15) is 91.8 Å². The number of thiophene rings is 2. The normalized spacial score (nSPS) is 25.5. The molecule has 8 rings (SSSR count). The highest BCUT2D eigenvalue weighted by molar-refractivity contribution is 7.26. The third-order valence-electron chi connectivity index (χ3n) is 10.2. The molecule has 5 aliphatic carbocycles. The Kier molecular flexibility index (Phi) is 6.15. The van der Waals surface area contributed by atoms with Crippen LogP contribution in [0.2, 0.25) is 0 Å². The Balaban J connectivity index is 1.23. The molecule has 0 amide bonds. The Morgan fingerprint density at radius 1 is 0.814 bits per heavy atom. The Morgan fingerprint density at radius 3 is 1.95 bits per heavy atom. The second-order valence-corrected chi connectivity index (χ2v) is 14.5. The topological polar surface area (TPSA) is 80.3 Å². The van der Waals surface area contributed by atoms with Crippen LogP contribution in [0.5, 0.6) is 0 Å². The van der Waals surface area contributed by atoms with Crippen molar-refractivity contribution in [1.29, 1.82) is 0 Å². The second-order valence-electron chi connectivity index (χ2n) is 12.4. The number of ketones is 3. The van der Waals surface area contributed by atoms with E-state index in [-0.39, 0.29) is 40.3 Å². The Bertz CT molecular complexity index is 1880. The second kappa shape index (κ2) is 9.87. The molecule has 1 aromatic carbocycles. The van der Waals surface area contributed by atoms with E-state index in [0.717, 1.165) is 76.7 Å². The molecule has 214 valence electrons. The molecule has 2 atom stereocenters. The molecule has 1 spiro atoms. The predicted octanol–water partition coefficient (Wildman–Crippen LogP) is 8.69. The van der Waals surface area contributed by atoms with E-state index in [2.05, 4.69) is 17.0 Å². The van der Waals surface area contributed by atoms with Crippen molar-refractivity contribution >= 4 is 67.0 Å². The number of hydrogen-bond donors (Lipinski definition) is 0. The lowest BCUT2D eigenvalue weighted by Crippen LogP contribution is -2.27. The van der Waals surface area contributed by atoms with Gasteiger partial charge in [-0.1, -0.05) is 56.4 Å². The number of hydrogen-bond acceptors (Lipinski definition) is 7. The Morgan fingerprint density at radius 2 is 1.37 bits per heavy atom. The summed E-state index contributed by atoms with van der Waals surface area (Å²) in [4.78, 5) is 55.5. The maximum atomic E-state index is 13.5. The third-order valence-corrected chi connectivity index (χ3v) is 12.4. The first-order valence-electron chi connectivity index (χ1n) is 15.2. The van der Waals surface area contributed by atoms with E-state index in [0.29, 0.717) is 22.5 Å². The fourth-order valence-corrected chi connectivity index (χ4v) is 10.5. The molecular weight excluding hydrogens is 575 g/mol. The van der Waals surface area contributed by atoms with Gasteiger partial charge in [0, 0.05) is 28.4 Å². The molecule has 2 unspecified atom stereocenters. The molecule has 6 nitrogen and oxygen atoms in total. The molecular formula is C35H29N3O3S2. The number of aliphatic imine (C=N–C) groups is 2. The van der Waals surface area contributed by atoms with E-state index in [1.807, 2.05) is 18.2 Å². The minimum Gasteiger partial charge on any atom is -0.292 e. The van der Waals surface area contributed by atoms with Crippen LogP contribution in [0.3, 0.4) is 0 Å². The number of carbonyl (C=O) groups is 3. The van der Waals surface area contributed by atoms with Gasteiger partial charge in [0.2, 0.25) is 5.78 Å². The van der Waals surface area contributed by atoms with Gasteiger partial charge in [0.1, 0.15) is 15.7 Å². The summed E-state index contributed by atoms with van der Waals surface area (Å²) in [5.74, 6) is -0.637. The van der Waals surface area contributed by atoms with Crippen molar-refractivity contribution in [2.75, 3.05) is 0 Å². The van der Waals surface area contributed by atoms with Crippen molar-refractivity contribution in [2.45, 2.75) is 70.1 Å². The molecule has 43 heavy (non-hydrogen) atoms. The summed E-state index contributed by atoms with van der Waals surface area (Å²) < 4.78 is 0. The molecule has 3 aromatic rings. The molecule has 2 heterocycles. The first-order chi connectivity index (χ1) is 20.9. The van der Waals surface area contributed by atoms with Crippen molar-refractivity contribution in [3.63, 3.8) is 0 Å². The maximum absolute atomic E-state index is 13.5. The fourth-order valence-electron chi connectivity index (χ4n) is 8.11. The van der Waals surface area contributed by atoms with Gasteiger partial charge in [0.15, 0.2) is 23.0 Å². The lowest BCUT2D eigenvalue weighted by atomic mass is 9.68. The zero-order chi connectivity index (χ0) is 29.5. The SMILES string of the molecule is [C-]#[N+]C(C)=C1C(=Nc2cc3c(s2)-c2sc(N=C4C(=O)C5CCCCC5C4=O)cc2C32CCCCC2)C(=O)c2ccccc21. The summed E-state index contributed by atoms with van der Waals surface area (Å²) in [6.45, 7) is 9.39. The zero-order valence-corrected chi connectivity index (χ0v) is 25.5. The summed E-state index contributed by atoms with van der Waals surface area (Å²) in [7, 11) is 0. The van der Waals surface area contributed by atoms with E-state index < -0.39 is 0 Å². The van der Waals surface area contributed by atoms with Gasteiger partial charge < -0.3 is 0 Å². The van der Waals surface area contributed by atoms with E-state index in [4.69, 9.17) is 16.6 Å². The van der Waals surface area contributed by atoms with E-state index in [1.165, 1.54) is 17.5 Å². The molecule has 3 saturated carbocycles. The van der Waals surface area contributed by atoms with Crippen LogP contribution in [-0.4, -0.2) is 28.8 Å². The van der Waals surface area contributed by atoms with Gasteiger partial charge in [-0.05, 0) is 61.4 Å². The quantitative estimate of drug-likeness (QED) is 0.275. The standard InChI is InChI=1S/C35H29N3O3S2/c1-18(36-2)27-19-10-4-5-11-20(19)30(39)28(27)37-25-16-23-33(42-25)34-24(35(23)14-8-3-9-15-35)17-26(43-34)38-29-31(40)21-12-6-7-13-22(21)32(29)41/h4-5,10-11,16-17,21-22H,3,6-9,12-15H2,1H3. The lowest BCUT2D eigenvalue weighted by Gasteiger charge is -2.34. The van der Waals surface area contributed by atoms with Gasteiger partial charge in [0.25, 0.3) is 0 Å². The molecule has 0 bridgehead atoms. The monoisotopic (exact) mass is 603 g/mol. The number of rotatable bonds is 2. The van der Waals surface area contributed by atoms with Crippen LogP contribution in [0.15, 0.2) is 52.1 Å². The van der Waals surface area contributed by atoms with Crippen LogP contribution in [0, 0.1) is 18.4 Å². The number of carbonyl (C=O) groups excluding carboxylic acids is 3. The summed E-state index contributed by atoms with van der Waals surface area (Å²) >= 11 is 3.15. The van der Waals surface area contributed by atoms with Gasteiger partial charge in [0.05, 0.1) is 16.3 Å². The zero-order valence-electron chi connectivity index (χ0n) is 23.9. The first kappa shape index (κ1) is 26.8. The highest BCUT2D eigenvalue weighted by Gasteiger charge is 2.49. The highest BCUT2D eigenvalue weighted by atomic mass is 32.1. The number of benzene rings is 1. The molecule has 0 saturated heterocycles. The molecule has 3 fully saturated rings. The average Bonchev–Trinajstić information content (AvgIpc) is 3.81. The van der Waals surface area contributed by atoms with Crippen LogP contribution >= 0.6 is 22.7 Å². The van der Waals surface area contributed by atoms with Crippen molar-refractivity contribution in [2.24, 2.45) is 21.8 Å². The average molecular weight is 604 g/mol. The van der Waals surface area contributed by atoms with E-state index in [1.54, 1.807) is 35.7 Å². The lowest BCUT2D eigenvalue weighted by molar-refractivity contribution is -0.120. The minimum atomic E-state index is -0.183. The van der Waals surface area contributed by atoms with Gasteiger partial charge >= 0.3 is 0 Å². The number of Topliss-reactive ketones (excluding diaryl/α,β-unsaturated/α-hetero) is 3. The van der Waals surface area contributed by atoms with Crippen LogP contribution in [0.4, 0.5) is 10.0 Å². The van der Waals surface area contributed by atoms with Gasteiger partial charge in [-0.2, -0.15) is 0 Å². The summed E-state index contributed by atoms with van der Waals surface area (Å²) in [5, 5.41) is 1.50. The van der Waals surface area contributed by atoms with Crippen molar-refractivity contribution in [3.8, 4) is 9.75 Å².